The van der Waals surface area contributed by atoms with Crippen molar-refractivity contribution in [3.8, 4) is 0 Å². The van der Waals surface area contributed by atoms with E-state index in [1.54, 1.807) is 19.1 Å². The molecule has 1 fully saturated rings. The van der Waals surface area contributed by atoms with Gasteiger partial charge in [0.05, 0.1) is 12.0 Å². The second kappa shape index (κ2) is 7.38. The molecule has 22 heavy (non-hydrogen) atoms. The first kappa shape index (κ1) is 16.5. The van der Waals surface area contributed by atoms with Crippen LogP contribution < -0.4 is 0 Å². The lowest BCUT2D eigenvalue weighted by atomic mass is 10.2. The molecular formula is C16H15NO3S2. The molecule has 1 aliphatic rings. The molecule has 0 aliphatic carbocycles. The zero-order valence-corrected chi connectivity index (χ0v) is 13.8. The number of ether oxygens (including phenoxy) is 1. The highest BCUT2D eigenvalue weighted by atomic mass is 32.2. The first-order valence-electron chi connectivity index (χ1n) is 6.61. The Balaban J connectivity index is 2.12. The van der Waals surface area contributed by atoms with Gasteiger partial charge in [-0.15, -0.1) is 0 Å². The van der Waals surface area contributed by atoms with E-state index >= 15 is 0 Å². The summed E-state index contributed by atoms with van der Waals surface area (Å²) in [5.41, 5.74) is 1.04. The maximum atomic E-state index is 12.3. The van der Waals surface area contributed by atoms with Crippen LogP contribution in [0.25, 0.3) is 6.08 Å². The van der Waals surface area contributed by atoms with Gasteiger partial charge in [0.2, 0.25) is 0 Å². The Morgan fingerprint density at radius 1 is 1.36 bits per heavy atom. The molecule has 1 saturated heterocycles. The third-order valence-electron chi connectivity index (χ3n) is 3.09. The third kappa shape index (κ3) is 3.64. The average Bonchev–Trinajstić information content (AvgIpc) is 2.81. The lowest BCUT2D eigenvalue weighted by Gasteiger charge is -2.20. The molecule has 6 heteroatoms. The van der Waals surface area contributed by atoms with Crippen molar-refractivity contribution >= 4 is 46.3 Å². The summed E-state index contributed by atoms with van der Waals surface area (Å²) in [6.07, 6.45) is 5.40. The van der Waals surface area contributed by atoms with Crippen LogP contribution >= 0.6 is 24.0 Å². The minimum absolute atomic E-state index is 0.273. The van der Waals surface area contributed by atoms with Crippen LogP contribution in [0.4, 0.5) is 0 Å². The summed E-state index contributed by atoms with van der Waals surface area (Å²) >= 11 is 6.36. The molecule has 0 N–H and O–H groups in total. The van der Waals surface area contributed by atoms with Gasteiger partial charge >= 0.3 is 5.97 Å². The van der Waals surface area contributed by atoms with E-state index in [1.165, 1.54) is 23.8 Å². The fourth-order valence-corrected chi connectivity index (χ4v) is 3.28. The molecule has 0 unspecified atom stereocenters. The summed E-state index contributed by atoms with van der Waals surface area (Å²) in [5.74, 6) is -0.761. The Bertz CT molecular complexity index is 653. The van der Waals surface area contributed by atoms with Gasteiger partial charge in [-0.05, 0) is 18.6 Å². The highest BCUT2D eigenvalue weighted by Gasteiger charge is 2.38. The quantitative estimate of drug-likeness (QED) is 0.481. The fraction of sp³-hybridized carbons (Fsp3) is 0.188. The summed E-state index contributed by atoms with van der Waals surface area (Å²) in [4.78, 5) is 25.7. The van der Waals surface area contributed by atoms with Gasteiger partial charge in [0.1, 0.15) is 10.4 Å². The second-order valence-electron chi connectivity index (χ2n) is 4.54. The summed E-state index contributed by atoms with van der Waals surface area (Å²) in [6, 6.07) is 9.04. The van der Waals surface area contributed by atoms with E-state index in [-0.39, 0.29) is 5.91 Å². The number of allylic oxidation sites excluding steroid dienone is 2. The highest BCUT2D eigenvalue weighted by Crippen LogP contribution is 2.32. The van der Waals surface area contributed by atoms with Gasteiger partial charge in [-0.25, -0.2) is 4.79 Å². The zero-order valence-electron chi connectivity index (χ0n) is 12.2. The molecule has 1 aliphatic heterocycles. The van der Waals surface area contributed by atoms with Crippen LogP contribution in [0.3, 0.4) is 0 Å². The first-order valence-corrected chi connectivity index (χ1v) is 7.83. The van der Waals surface area contributed by atoms with Crippen molar-refractivity contribution in [2.45, 2.75) is 13.0 Å². The van der Waals surface area contributed by atoms with Crippen LogP contribution in [0.5, 0.6) is 0 Å². The minimum Gasteiger partial charge on any atom is -0.467 e. The van der Waals surface area contributed by atoms with Gasteiger partial charge in [0.25, 0.3) is 5.91 Å². The number of carbonyl (C=O) groups is 2. The number of methoxy groups -OCH3 is 1. The van der Waals surface area contributed by atoms with Crippen LogP contribution in [0.15, 0.2) is 47.4 Å². The molecule has 1 heterocycles. The molecule has 1 aromatic rings. The molecule has 1 atom stereocenters. The lowest BCUT2D eigenvalue weighted by molar-refractivity contribution is -0.147. The monoisotopic (exact) mass is 333 g/mol. The van der Waals surface area contributed by atoms with Gasteiger partial charge in [-0.1, -0.05) is 66.5 Å². The molecule has 2 rings (SSSR count). The van der Waals surface area contributed by atoms with E-state index in [2.05, 4.69) is 4.74 Å². The smallest absolute Gasteiger partial charge is 0.328 e. The summed E-state index contributed by atoms with van der Waals surface area (Å²) < 4.78 is 5.02. The number of carbonyl (C=O) groups excluding carboxylic acids is 2. The van der Waals surface area contributed by atoms with Crippen LogP contribution in [0, 0.1) is 0 Å². The van der Waals surface area contributed by atoms with Crippen LogP contribution in [0.2, 0.25) is 0 Å². The van der Waals surface area contributed by atoms with Crippen molar-refractivity contribution in [3.05, 3.63) is 53.0 Å². The van der Waals surface area contributed by atoms with Gasteiger partial charge < -0.3 is 4.74 Å². The molecule has 0 radical (unpaired) electrons. The zero-order chi connectivity index (χ0) is 16.1. The predicted molar refractivity (Wildman–Crippen MR) is 92.1 cm³/mol. The van der Waals surface area contributed by atoms with Gasteiger partial charge in [0, 0.05) is 0 Å². The van der Waals surface area contributed by atoms with Crippen LogP contribution in [0.1, 0.15) is 12.5 Å². The predicted octanol–water partition coefficient (Wildman–Crippen LogP) is 3.01. The normalized spacial score (nSPS) is 18.3. The van der Waals surface area contributed by atoms with E-state index in [4.69, 9.17) is 12.2 Å². The number of rotatable bonds is 4. The fourth-order valence-electron chi connectivity index (χ4n) is 1.91. The SMILES string of the molecule is COC(=O)[C@H](C)N1C(=O)C(=CC=Cc2ccccc2)SC1=S. The number of thioether (sulfide) groups is 1. The van der Waals surface area contributed by atoms with Gasteiger partial charge in [-0.2, -0.15) is 0 Å². The van der Waals surface area contributed by atoms with E-state index in [0.717, 1.165) is 5.56 Å². The topological polar surface area (TPSA) is 46.6 Å². The number of thiocarbonyl (C=S) groups is 1. The Labute approximate surface area is 138 Å². The maximum Gasteiger partial charge on any atom is 0.328 e. The molecule has 0 saturated carbocycles. The second-order valence-corrected chi connectivity index (χ2v) is 6.22. The van der Waals surface area contributed by atoms with E-state index in [1.807, 2.05) is 36.4 Å². The lowest BCUT2D eigenvalue weighted by Crippen LogP contribution is -2.42. The molecule has 0 spiro atoms. The summed E-state index contributed by atoms with van der Waals surface area (Å²) in [5, 5.41) is 0. The Kier molecular flexibility index (Phi) is 5.51. The number of amides is 1. The Morgan fingerprint density at radius 3 is 2.68 bits per heavy atom. The van der Waals surface area contributed by atoms with Crippen LogP contribution in [-0.4, -0.2) is 34.2 Å². The summed E-state index contributed by atoms with van der Waals surface area (Å²) in [6.45, 7) is 1.60. The number of hydrogen-bond acceptors (Lipinski definition) is 5. The van der Waals surface area contributed by atoms with Gasteiger partial charge in [0.15, 0.2) is 0 Å². The maximum absolute atomic E-state index is 12.3. The minimum atomic E-state index is -0.721. The molecule has 0 bridgehead atoms. The number of nitrogens with zero attached hydrogens (tertiary/aromatic N) is 1. The summed E-state index contributed by atoms with van der Waals surface area (Å²) in [7, 11) is 1.29. The molecule has 1 amide bonds. The van der Waals surface area contributed by atoms with Gasteiger partial charge in [-0.3, -0.25) is 9.69 Å². The molecular weight excluding hydrogens is 318 g/mol. The standard InChI is InChI=1S/C16H15NO3S2/c1-11(15(19)20-2)17-14(18)13(22-16(17)21)10-6-9-12-7-4-3-5-8-12/h3-11H,1-2H3/t11-/m0/s1. The molecule has 0 aromatic heterocycles. The van der Waals surface area contributed by atoms with Crippen molar-refractivity contribution in [1.82, 2.24) is 4.90 Å². The third-order valence-corrected chi connectivity index (χ3v) is 4.44. The van der Waals surface area contributed by atoms with Crippen molar-refractivity contribution in [1.29, 1.82) is 0 Å². The Hall–Kier alpha value is -1.92. The largest absolute Gasteiger partial charge is 0.467 e. The van der Waals surface area contributed by atoms with Crippen LogP contribution in [-0.2, 0) is 14.3 Å². The molecule has 114 valence electrons. The number of esters is 1. The van der Waals surface area contributed by atoms with Crippen molar-refractivity contribution in [3.63, 3.8) is 0 Å². The average molecular weight is 333 g/mol. The Morgan fingerprint density at radius 2 is 2.05 bits per heavy atom. The highest BCUT2D eigenvalue weighted by molar-refractivity contribution is 8.26. The number of benzene rings is 1. The molecule has 1 aromatic carbocycles. The van der Waals surface area contributed by atoms with E-state index in [9.17, 15) is 9.59 Å². The number of hydrogen-bond donors (Lipinski definition) is 0. The molecule has 4 nitrogen and oxygen atoms in total. The van der Waals surface area contributed by atoms with E-state index < -0.39 is 12.0 Å². The van der Waals surface area contributed by atoms with Crippen molar-refractivity contribution in [2.24, 2.45) is 0 Å². The van der Waals surface area contributed by atoms with E-state index in [0.29, 0.717) is 9.23 Å². The first-order chi connectivity index (χ1) is 10.5. The van der Waals surface area contributed by atoms with Crippen molar-refractivity contribution in [2.75, 3.05) is 7.11 Å². The van der Waals surface area contributed by atoms with Crippen molar-refractivity contribution < 1.29 is 14.3 Å².